The van der Waals surface area contributed by atoms with Gasteiger partial charge in [-0.05, 0) is 13.3 Å². The number of rotatable bonds is 7. The van der Waals surface area contributed by atoms with E-state index in [1.54, 1.807) is 7.11 Å². The first kappa shape index (κ1) is 12.4. The Hall–Kier alpha value is -0.610. The van der Waals surface area contributed by atoms with Crippen LogP contribution in [-0.4, -0.2) is 39.5 Å². The fourth-order valence-electron chi connectivity index (χ4n) is 0.738. The summed E-state index contributed by atoms with van der Waals surface area (Å²) in [4.78, 5) is 10.7. The summed E-state index contributed by atoms with van der Waals surface area (Å²) in [6.07, 6.45) is 1.22. The van der Waals surface area contributed by atoms with Crippen LogP contribution in [0.25, 0.3) is 0 Å². The van der Waals surface area contributed by atoms with Crippen molar-refractivity contribution in [3.05, 3.63) is 0 Å². The number of hydrogen-bond donors (Lipinski definition) is 0. The minimum Gasteiger partial charge on any atom is -0.469 e. The summed E-state index contributed by atoms with van der Waals surface area (Å²) < 4.78 is 14.7. The Balaban J connectivity index is 3.12. The van der Waals surface area contributed by atoms with Gasteiger partial charge in [0.2, 0.25) is 0 Å². The molecule has 0 aliphatic heterocycles. The highest BCUT2D eigenvalue weighted by Crippen LogP contribution is 1.94. The molecule has 0 rings (SSSR count). The van der Waals surface area contributed by atoms with Crippen molar-refractivity contribution >= 4 is 5.97 Å². The van der Waals surface area contributed by atoms with Gasteiger partial charge in [-0.2, -0.15) is 0 Å². The van der Waals surface area contributed by atoms with Crippen LogP contribution in [0.5, 0.6) is 0 Å². The average molecular weight is 190 g/mol. The van der Waals surface area contributed by atoms with Crippen molar-refractivity contribution in [3.8, 4) is 0 Å². The van der Waals surface area contributed by atoms with Crippen LogP contribution in [0.3, 0.4) is 0 Å². The smallest absolute Gasteiger partial charge is 0.305 e. The summed E-state index contributed by atoms with van der Waals surface area (Å²) >= 11 is 0. The first-order valence-electron chi connectivity index (χ1n) is 4.38. The summed E-state index contributed by atoms with van der Waals surface area (Å²) in [5, 5.41) is 0. The second-order valence-electron chi connectivity index (χ2n) is 2.80. The molecule has 0 aliphatic rings. The van der Waals surface area contributed by atoms with Crippen LogP contribution in [0.15, 0.2) is 0 Å². The van der Waals surface area contributed by atoms with Gasteiger partial charge in [-0.15, -0.1) is 0 Å². The number of hydrogen-bond acceptors (Lipinski definition) is 4. The van der Waals surface area contributed by atoms with Crippen molar-refractivity contribution in [2.24, 2.45) is 0 Å². The predicted molar refractivity (Wildman–Crippen MR) is 48.5 cm³/mol. The lowest BCUT2D eigenvalue weighted by molar-refractivity contribution is -0.141. The third-order valence-electron chi connectivity index (χ3n) is 1.65. The van der Waals surface area contributed by atoms with E-state index >= 15 is 0 Å². The number of carbonyl (C=O) groups is 1. The number of methoxy groups -OCH3 is 2. The van der Waals surface area contributed by atoms with Gasteiger partial charge in [-0.3, -0.25) is 4.79 Å². The van der Waals surface area contributed by atoms with Crippen molar-refractivity contribution < 1.29 is 19.0 Å². The predicted octanol–water partition coefficient (Wildman–Crippen LogP) is 0.991. The SMILES string of the molecule is COC(=O)CCCOCC(C)OC. The maximum absolute atomic E-state index is 10.7. The molecule has 0 bridgehead atoms. The molecule has 0 saturated heterocycles. The Morgan fingerprint density at radius 2 is 2.08 bits per heavy atom. The van der Waals surface area contributed by atoms with Crippen LogP contribution in [0.1, 0.15) is 19.8 Å². The molecule has 1 atom stereocenters. The fraction of sp³-hybridized carbons (Fsp3) is 0.889. The molecule has 4 heteroatoms. The quantitative estimate of drug-likeness (QED) is 0.443. The fourth-order valence-corrected chi connectivity index (χ4v) is 0.738. The summed E-state index contributed by atoms with van der Waals surface area (Å²) in [7, 11) is 3.03. The lowest BCUT2D eigenvalue weighted by atomic mass is 10.3. The number of ether oxygens (including phenoxy) is 3. The zero-order valence-corrected chi connectivity index (χ0v) is 8.54. The lowest BCUT2D eigenvalue weighted by Crippen LogP contribution is -2.14. The van der Waals surface area contributed by atoms with Gasteiger partial charge in [-0.1, -0.05) is 0 Å². The molecule has 0 aromatic rings. The molecule has 0 N–H and O–H groups in total. The zero-order valence-electron chi connectivity index (χ0n) is 8.54. The number of carbonyl (C=O) groups excluding carboxylic acids is 1. The summed E-state index contributed by atoms with van der Waals surface area (Å²) in [6, 6.07) is 0. The van der Waals surface area contributed by atoms with E-state index in [0.29, 0.717) is 26.1 Å². The molecular weight excluding hydrogens is 172 g/mol. The Morgan fingerprint density at radius 1 is 1.38 bits per heavy atom. The van der Waals surface area contributed by atoms with E-state index in [0.717, 1.165) is 0 Å². The molecule has 0 radical (unpaired) electrons. The molecule has 13 heavy (non-hydrogen) atoms. The van der Waals surface area contributed by atoms with Crippen molar-refractivity contribution in [1.82, 2.24) is 0 Å². The maximum Gasteiger partial charge on any atom is 0.305 e. The van der Waals surface area contributed by atoms with E-state index in [1.807, 2.05) is 6.92 Å². The molecule has 0 heterocycles. The zero-order chi connectivity index (χ0) is 10.1. The van der Waals surface area contributed by atoms with E-state index in [2.05, 4.69) is 4.74 Å². The van der Waals surface area contributed by atoms with Gasteiger partial charge in [0, 0.05) is 20.1 Å². The van der Waals surface area contributed by atoms with E-state index in [4.69, 9.17) is 9.47 Å². The molecule has 0 saturated carbocycles. The molecule has 0 aromatic heterocycles. The normalized spacial score (nSPS) is 12.5. The largest absolute Gasteiger partial charge is 0.469 e. The van der Waals surface area contributed by atoms with Crippen LogP contribution in [0, 0.1) is 0 Å². The third kappa shape index (κ3) is 7.74. The van der Waals surface area contributed by atoms with Crippen LogP contribution in [0.2, 0.25) is 0 Å². The molecule has 0 amide bonds. The van der Waals surface area contributed by atoms with Gasteiger partial charge < -0.3 is 14.2 Å². The highest BCUT2D eigenvalue weighted by atomic mass is 16.5. The highest BCUT2D eigenvalue weighted by Gasteiger charge is 2.01. The Labute approximate surface area is 79.2 Å². The first-order valence-corrected chi connectivity index (χ1v) is 4.38. The van der Waals surface area contributed by atoms with Crippen molar-refractivity contribution in [2.45, 2.75) is 25.9 Å². The second kappa shape index (κ2) is 8.01. The number of esters is 1. The average Bonchev–Trinajstić information content (AvgIpc) is 2.16. The summed E-state index contributed by atoms with van der Waals surface area (Å²) in [6.45, 7) is 3.07. The standard InChI is InChI=1S/C9H18O4/c1-8(11-2)7-13-6-4-5-9(10)12-3/h8H,4-7H2,1-3H3. The van der Waals surface area contributed by atoms with Crippen LogP contribution >= 0.6 is 0 Å². The van der Waals surface area contributed by atoms with Gasteiger partial charge in [0.1, 0.15) is 0 Å². The van der Waals surface area contributed by atoms with Gasteiger partial charge in [0.15, 0.2) is 0 Å². The minimum atomic E-state index is -0.191. The van der Waals surface area contributed by atoms with Gasteiger partial charge in [0.05, 0.1) is 19.8 Å². The van der Waals surface area contributed by atoms with Crippen molar-refractivity contribution in [2.75, 3.05) is 27.4 Å². The van der Waals surface area contributed by atoms with Gasteiger partial charge in [-0.25, -0.2) is 0 Å². The Bertz CT molecular complexity index is 136. The van der Waals surface area contributed by atoms with Crippen LogP contribution < -0.4 is 0 Å². The minimum absolute atomic E-state index is 0.109. The molecule has 1 unspecified atom stereocenters. The monoisotopic (exact) mass is 190 g/mol. The molecule has 0 fully saturated rings. The molecule has 0 aromatic carbocycles. The summed E-state index contributed by atoms with van der Waals surface area (Å²) in [5.74, 6) is -0.191. The lowest BCUT2D eigenvalue weighted by Gasteiger charge is -2.09. The van der Waals surface area contributed by atoms with E-state index in [1.165, 1.54) is 7.11 Å². The topological polar surface area (TPSA) is 44.8 Å². The molecular formula is C9H18O4. The molecule has 0 spiro atoms. The maximum atomic E-state index is 10.7. The van der Waals surface area contributed by atoms with Gasteiger partial charge >= 0.3 is 5.97 Å². The van der Waals surface area contributed by atoms with E-state index < -0.39 is 0 Å². The summed E-state index contributed by atoms with van der Waals surface area (Å²) in [5.41, 5.74) is 0. The van der Waals surface area contributed by atoms with Crippen molar-refractivity contribution in [3.63, 3.8) is 0 Å². The molecule has 0 aliphatic carbocycles. The first-order chi connectivity index (χ1) is 6.20. The van der Waals surface area contributed by atoms with Crippen LogP contribution in [-0.2, 0) is 19.0 Å². The Morgan fingerprint density at radius 3 is 2.62 bits per heavy atom. The molecule has 4 nitrogen and oxygen atoms in total. The second-order valence-corrected chi connectivity index (χ2v) is 2.80. The van der Waals surface area contributed by atoms with Crippen molar-refractivity contribution in [1.29, 1.82) is 0 Å². The third-order valence-corrected chi connectivity index (χ3v) is 1.65. The van der Waals surface area contributed by atoms with E-state index in [9.17, 15) is 4.79 Å². The van der Waals surface area contributed by atoms with Gasteiger partial charge in [0.25, 0.3) is 0 Å². The van der Waals surface area contributed by atoms with E-state index in [-0.39, 0.29) is 12.1 Å². The highest BCUT2D eigenvalue weighted by molar-refractivity contribution is 5.68. The van der Waals surface area contributed by atoms with Crippen LogP contribution in [0.4, 0.5) is 0 Å². The molecule has 78 valence electrons. The Kier molecular flexibility index (Phi) is 7.63.